The van der Waals surface area contributed by atoms with E-state index in [0.29, 0.717) is 19.3 Å². The Balaban J connectivity index is 4.69. The first-order valence-corrected chi connectivity index (χ1v) is 23.7. The third-order valence-electron chi connectivity index (χ3n) is 9.19. The fraction of sp³-hybridized carbons (Fsp3) is 0.545. The summed E-state index contributed by atoms with van der Waals surface area (Å²) in [6.07, 6.45) is 67.7. The molecule has 0 saturated carbocycles. The summed E-state index contributed by atoms with van der Waals surface area (Å²) in [5.41, 5.74) is 0. The first kappa shape index (κ1) is 56.5. The van der Waals surface area contributed by atoms with Gasteiger partial charge in [-0.05, 0) is 96.3 Å². The second-order valence-electron chi connectivity index (χ2n) is 14.9. The Morgan fingerprint density at radius 1 is 0.361 bits per heavy atom. The van der Waals surface area contributed by atoms with Crippen LogP contribution in [0.3, 0.4) is 0 Å². The highest BCUT2D eigenvalue weighted by Gasteiger charge is 2.19. The predicted octanol–water partition coefficient (Wildman–Crippen LogP) is 15.5. The molecule has 0 bridgehead atoms. The molecule has 6 nitrogen and oxygen atoms in total. The summed E-state index contributed by atoms with van der Waals surface area (Å²) < 4.78 is 16.5. The molecule has 0 spiro atoms. The molecule has 0 aromatic heterocycles. The lowest BCUT2D eigenvalue weighted by atomic mass is 10.1. The van der Waals surface area contributed by atoms with Crippen LogP contribution in [0.15, 0.2) is 134 Å². The largest absolute Gasteiger partial charge is 0.462 e. The molecule has 0 aromatic rings. The van der Waals surface area contributed by atoms with E-state index in [1.54, 1.807) is 12.2 Å². The Labute approximate surface area is 373 Å². The average Bonchev–Trinajstić information content (AvgIpc) is 3.26. The van der Waals surface area contributed by atoms with Gasteiger partial charge in [0.25, 0.3) is 0 Å². The van der Waals surface area contributed by atoms with Crippen LogP contribution in [0.5, 0.6) is 0 Å². The smallest absolute Gasteiger partial charge is 0.310 e. The third-order valence-corrected chi connectivity index (χ3v) is 9.19. The number of rotatable bonds is 40. The number of carbonyl (C=O) groups is 3. The quantitative estimate of drug-likeness (QED) is 0.0265. The zero-order valence-corrected chi connectivity index (χ0v) is 38.6. The van der Waals surface area contributed by atoms with Crippen LogP contribution in [0.2, 0.25) is 0 Å². The number of carbonyl (C=O) groups excluding carboxylic acids is 3. The number of esters is 3. The maximum Gasteiger partial charge on any atom is 0.310 e. The summed E-state index contributed by atoms with van der Waals surface area (Å²) in [7, 11) is 0. The van der Waals surface area contributed by atoms with Crippen LogP contribution >= 0.6 is 0 Å². The molecule has 6 heteroatoms. The minimum atomic E-state index is -0.879. The Kier molecular flexibility index (Phi) is 44.7. The van der Waals surface area contributed by atoms with Crippen molar-refractivity contribution in [3.63, 3.8) is 0 Å². The van der Waals surface area contributed by atoms with Crippen LogP contribution < -0.4 is 0 Å². The van der Waals surface area contributed by atoms with Crippen molar-refractivity contribution in [2.45, 2.75) is 181 Å². The lowest BCUT2D eigenvalue weighted by Gasteiger charge is -2.17. The molecule has 0 amide bonds. The number of hydrogen-bond acceptors (Lipinski definition) is 6. The van der Waals surface area contributed by atoms with Crippen molar-refractivity contribution >= 4 is 17.9 Å². The summed E-state index contributed by atoms with van der Waals surface area (Å²) in [5.74, 6) is -1.24. The Morgan fingerprint density at radius 3 is 1.13 bits per heavy atom. The maximum atomic E-state index is 12.7. The van der Waals surface area contributed by atoms with Crippen molar-refractivity contribution in [1.82, 2.24) is 0 Å². The van der Waals surface area contributed by atoms with Gasteiger partial charge in [-0.3, -0.25) is 14.4 Å². The number of allylic oxidation sites excluding steroid dienone is 20. The monoisotopic (exact) mass is 841 g/mol. The van der Waals surface area contributed by atoms with Gasteiger partial charge in [0.15, 0.2) is 6.10 Å². The predicted molar refractivity (Wildman–Crippen MR) is 260 cm³/mol. The first-order chi connectivity index (χ1) is 30.0. The van der Waals surface area contributed by atoms with Gasteiger partial charge in [0.05, 0.1) is 12.8 Å². The zero-order chi connectivity index (χ0) is 44.4. The molecule has 0 aliphatic carbocycles. The number of ether oxygens (including phenoxy) is 3. The minimum absolute atomic E-state index is 0.0701. The van der Waals surface area contributed by atoms with Crippen molar-refractivity contribution in [2.75, 3.05) is 13.2 Å². The summed E-state index contributed by atoms with van der Waals surface area (Å²) in [6, 6.07) is 0. The van der Waals surface area contributed by atoms with Crippen molar-refractivity contribution in [1.29, 1.82) is 0 Å². The van der Waals surface area contributed by atoms with Gasteiger partial charge in [0, 0.05) is 6.42 Å². The van der Waals surface area contributed by atoms with Crippen LogP contribution in [-0.4, -0.2) is 37.2 Å². The Morgan fingerprint density at radius 2 is 0.705 bits per heavy atom. The van der Waals surface area contributed by atoms with Gasteiger partial charge in [-0.15, -0.1) is 0 Å². The van der Waals surface area contributed by atoms with Crippen LogP contribution in [0.4, 0.5) is 0 Å². The molecule has 1 unspecified atom stereocenters. The van der Waals surface area contributed by atoms with Gasteiger partial charge < -0.3 is 14.2 Å². The minimum Gasteiger partial charge on any atom is -0.462 e. The standard InChI is InChI=1S/C55H84O6/c1-4-7-10-13-16-19-22-25-27-30-33-36-39-42-45-48-54(57)60-51-52(50-59-53(56)47-44-41-38-35-32-29-24-21-18-15-12-9-6-3)61-55(58)49-46-43-40-37-34-31-28-26-23-20-17-14-11-8-5-2/h7-8,10-11,16-17,19-21,24-28,33-34,36-37,42-43,45-46,52H,4-6,9,12-15,18,22-23,29-32,35,38-41,44,47-51H2,1-3H3/b10-7-,11-8-,19-16-,20-17-,24-21-,27-25-,28-26-,36-33-,37-34-,45-42-,46-43-. The maximum absolute atomic E-state index is 12.7. The molecular weight excluding hydrogens is 757 g/mol. The Bertz CT molecular complexity index is 1380. The SMILES string of the molecule is CC/C=C\C/C=C\C/C=C\C/C=C\C/C=C\CC(=O)OCC(COC(=O)CCCCCCC/C=C\CCCCCC)OC(=O)C/C=C\C/C=C\C/C=C\C/C=C\C/C=C\CC. The highest BCUT2D eigenvalue weighted by atomic mass is 16.6. The van der Waals surface area contributed by atoms with E-state index in [1.165, 1.54) is 38.5 Å². The van der Waals surface area contributed by atoms with E-state index in [2.05, 4.69) is 130 Å². The van der Waals surface area contributed by atoms with E-state index in [4.69, 9.17) is 14.2 Å². The van der Waals surface area contributed by atoms with Crippen LogP contribution in [0, 0.1) is 0 Å². The van der Waals surface area contributed by atoms with Crippen LogP contribution in [0.1, 0.15) is 175 Å². The average molecular weight is 841 g/mol. The zero-order valence-electron chi connectivity index (χ0n) is 38.6. The van der Waals surface area contributed by atoms with Gasteiger partial charge in [-0.2, -0.15) is 0 Å². The van der Waals surface area contributed by atoms with Crippen molar-refractivity contribution < 1.29 is 28.6 Å². The molecule has 0 saturated heterocycles. The van der Waals surface area contributed by atoms with Crippen molar-refractivity contribution in [3.8, 4) is 0 Å². The normalized spacial score (nSPS) is 13.3. The van der Waals surface area contributed by atoms with E-state index >= 15 is 0 Å². The van der Waals surface area contributed by atoms with E-state index in [9.17, 15) is 14.4 Å². The van der Waals surface area contributed by atoms with Gasteiger partial charge >= 0.3 is 17.9 Å². The lowest BCUT2D eigenvalue weighted by Crippen LogP contribution is -2.30. The summed E-state index contributed by atoms with van der Waals surface area (Å²) in [6.45, 7) is 6.17. The molecule has 0 rings (SSSR count). The molecule has 0 N–H and O–H groups in total. The van der Waals surface area contributed by atoms with Gasteiger partial charge in [0.2, 0.25) is 0 Å². The van der Waals surface area contributed by atoms with Crippen LogP contribution in [0.25, 0.3) is 0 Å². The fourth-order valence-corrected chi connectivity index (χ4v) is 5.70. The molecule has 340 valence electrons. The molecule has 0 radical (unpaired) electrons. The van der Waals surface area contributed by atoms with Gasteiger partial charge in [0.1, 0.15) is 13.2 Å². The number of unbranched alkanes of at least 4 members (excludes halogenated alkanes) is 9. The lowest BCUT2D eigenvalue weighted by molar-refractivity contribution is -0.166. The highest BCUT2D eigenvalue weighted by Crippen LogP contribution is 2.10. The molecule has 0 fully saturated rings. The van der Waals surface area contributed by atoms with E-state index in [-0.39, 0.29) is 32.0 Å². The van der Waals surface area contributed by atoms with E-state index < -0.39 is 18.0 Å². The molecule has 0 aliphatic rings. The molecular formula is C55H84O6. The summed E-state index contributed by atoms with van der Waals surface area (Å²) in [5, 5.41) is 0. The van der Waals surface area contributed by atoms with Crippen molar-refractivity contribution in [3.05, 3.63) is 134 Å². The molecule has 0 aliphatic heterocycles. The summed E-state index contributed by atoms with van der Waals surface area (Å²) >= 11 is 0. The molecule has 0 aromatic carbocycles. The second-order valence-corrected chi connectivity index (χ2v) is 14.9. The topological polar surface area (TPSA) is 78.9 Å². The van der Waals surface area contributed by atoms with Gasteiger partial charge in [-0.1, -0.05) is 193 Å². The third kappa shape index (κ3) is 46.5. The first-order valence-electron chi connectivity index (χ1n) is 23.7. The number of hydrogen-bond donors (Lipinski definition) is 0. The van der Waals surface area contributed by atoms with E-state index in [0.717, 1.165) is 83.5 Å². The highest BCUT2D eigenvalue weighted by molar-refractivity contribution is 5.72. The molecule has 1 atom stereocenters. The summed E-state index contributed by atoms with van der Waals surface area (Å²) in [4.78, 5) is 37.7. The van der Waals surface area contributed by atoms with Crippen LogP contribution in [-0.2, 0) is 28.6 Å². The Hall–Kier alpha value is -4.45. The van der Waals surface area contributed by atoms with E-state index in [1.807, 2.05) is 12.2 Å². The van der Waals surface area contributed by atoms with Gasteiger partial charge in [-0.25, -0.2) is 0 Å². The second kappa shape index (κ2) is 48.2. The molecule has 61 heavy (non-hydrogen) atoms. The molecule has 0 heterocycles. The van der Waals surface area contributed by atoms with Crippen molar-refractivity contribution in [2.24, 2.45) is 0 Å². The fourth-order valence-electron chi connectivity index (χ4n) is 5.70.